The Morgan fingerprint density at radius 2 is 1.68 bits per heavy atom. The van der Waals surface area contributed by atoms with E-state index in [0.29, 0.717) is 6.42 Å². The Balaban J connectivity index is 2.20. The number of hydrogen-bond donors (Lipinski definition) is 0. The third kappa shape index (κ3) is 3.86. The molecule has 0 saturated heterocycles. The van der Waals surface area contributed by atoms with E-state index in [4.69, 9.17) is 0 Å². The lowest BCUT2D eigenvalue weighted by molar-refractivity contribution is 0.507. The van der Waals surface area contributed by atoms with Crippen molar-refractivity contribution in [1.82, 2.24) is 0 Å². The number of halogens is 5. The van der Waals surface area contributed by atoms with Crippen LogP contribution in [0.2, 0.25) is 0 Å². The van der Waals surface area contributed by atoms with Crippen LogP contribution in [0.25, 0.3) is 0 Å². The number of alkyl halides is 1. The summed E-state index contributed by atoms with van der Waals surface area (Å²) in [4.78, 5) is 0.0276. The van der Waals surface area contributed by atoms with Crippen molar-refractivity contribution in [2.75, 3.05) is 0 Å². The molecule has 2 aromatic carbocycles. The Labute approximate surface area is 135 Å². The van der Waals surface area contributed by atoms with Crippen LogP contribution in [0.15, 0.2) is 45.3 Å². The second kappa shape index (κ2) is 6.46. The molecule has 2 rings (SSSR count). The zero-order chi connectivity index (χ0) is 14.0. The highest BCUT2D eigenvalue weighted by atomic mass is 79.9. The van der Waals surface area contributed by atoms with E-state index < -0.39 is 11.6 Å². The van der Waals surface area contributed by atoms with Crippen molar-refractivity contribution in [3.05, 3.63) is 68.1 Å². The standard InChI is InChI=1S/C14H9Br3F2/c15-9-2-3-10(12(17)7-9)11(16)5-8-1-4-13(18)14(19)6-8/h1-4,6-7,11H,5H2. The zero-order valence-corrected chi connectivity index (χ0v) is 14.4. The van der Waals surface area contributed by atoms with Gasteiger partial charge in [0.15, 0.2) is 11.6 Å². The Morgan fingerprint density at radius 1 is 0.947 bits per heavy atom. The van der Waals surface area contributed by atoms with Crippen LogP contribution in [-0.2, 0) is 6.42 Å². The maximum absolute atomic E-state index is 13.2. The van der Waals surface area contributed by atoms with Gasteiger partial charge in [-0.15, -0.1) is 0 Å². The predicted octanol–water partition coefficient (Wildman–Crippen LogP) is 6.17. The highest BCUT2D eigenvalue weighted by Gasteiger charge is 2.13. The maximum Gasteiger partial charge on any atom is 0.159 e. The monoisotopic (exact) mass is 452 g/mol. The lowest BCUT2D eigenvalue weighted by atomic mass is 10.0. The van der Waals surface area contributed by atoms with Crippen molar-refractivity contribution < 1.29 is 8.78 Å². The first-order valence-corrected chi connectivity index (χ1v) is 8.00. The molecule has 1 atom stereocenters. The van der Waals surface area contributed by atoms with Crippen LogP contribution in [0.5, 0.6) is 0 Å². The predicted molar refractivity (Wildman–Crippen MR) is 83.6 cm³/mol. The lowest BCUT2D eigenvalue weighted by Gasteiger charge is -2.13. The molecule has 0 saturated carbocycles. The minimum atomic E-state index is -0.820. The minimum absolute atomic E-state index is 0.0276. The molecule has 5 heteroatoms. The van der Waals surface area contributed by atoms with Gasteiger partial charge in [-0.3, -0.25) is 0 Å². The first-order chi connectivity index (χ1) is 8.97. The fraction of sp³-hybridized carbons (Fsp3) is 0.143. The average Bonchev–Trinajstić information content (AvgIpc) is 2.33. The van der Waals surface area contributed by atoms with Gasteiger partial charge < -0.3 is 0 Å². The molecule has 0 aliphatic heterocycles. The Kier molecular flexibility index (Phi) is 5.15. The van der Waals surface area contributed by atoms with Gasteiger partial charge in [0.05, 0.1) is 0 Å². The lowest BCUT2D eigenvalue weighted by Crippen LogP contribution is -1.98. The summed E-state index contributed by atoms with van der Waals surface area (Å²) in [6.07, 6.45) is 0.581. The quantitative estimate of drug-likeness (QED) is 0.486. The van der Waals surface area contributed by atoms with Gasteiger partial charge in [-0.2, -0.15) is 0 Å². The van der Waals surface area contributed by atoms with Crippen molar-refractivity contribution in [1.29, 1.82) is 0 Å². The van der Waals surface area contributed by atoms with E-state index in [-0.39, 0.29) is 4.83 Å². The molecule has 0 aromatic heterocycles. The fourth-order valence-electron chi connectivity index (χ4n) is 1.74. The second-order valence-electron chi connectivity index (χ2n) is 4.09. The number of hydrogen-bond acceptors (Lipinski definition) is 0. The molecule has 0 spiro atoms. The summed E-state index contributed by atoms with van der Waals surface area (Å²) in [6, 6.07) is 9.86. The molecule has 0 nitrogen and oxygen atoms in total. The molecule has 100 valence electrons. The minimum Gasteiger partial charge on any atom is -0.204 e. The fourth-order valence-corrected chi connectivity index (χ4v) is 4.14. The number of benzene rings is 2. The van der Waals surface area contributed by atoms with Crippen molar-refractivity contribution in [2.45, 2.75) is 11.2 Å². The number of rotatable bonds is 3. The molecule has 0 N–H and O–H groups in total. The van der Waals surface area contributed by atoms with Crippen molar-refractivity contribution in [3.63, 3.8) is 0 Å². The van der Waals surface area contributed by atoms with Gasteiger partial charge >= 0.3 is 0 Å². The van der Waals surface area contributed by atoms with Gasteiger partial charge in [-0.05, 0) is 41.8 Å². The van der Waals surface area contributed by atoms with Crippen LogP contribution in [0, 0.1) is 11.6 Å². The third-order valence-corrected chi connectivity index (χ3v) is 4.70. The summed E-state index contributed by atoms with van der Waals surface area (Å²) in [5, 5.41) is 0. The molecular formula is C14H9Br3F2. The molecule has 0 aliphatic rings. The maximum atomic E-state index is 13.2. The molecular weight excluding hydrogens is 446 g/mol. The first kappa shape index (κ1) is 15.1. The summed E-state index contributed by atoms with van der Waals surface area (Å²) < 4.78 is 28.0. The van der Waals surface area contributed by atoms with E-state index in [1.807, 2.05) is 18.2 Å². The van der Waals surface area contributed by atoms with Crippen molar-refractivity contribution >= 4 is 47.8 Å². The molecule has 0 radical (unpaired) electrons. The third-order valence-electron chi connectivity index (χ3n) is 2.70. The van der Waals surface area contributed by atoms with Crippen LogP contribution in [0.4, 0.5) is 8.78 Å². The zero-order valence-electron chi connectivity index (χ0n) is 9.64. The molecule has 19 heavy (non-hydrogen) atoms. The van der Waals surface area contributed by atoms with Crippen molar-refractivity contribution in [3.8, 4) is 0 Å². The highest BCUT2D eigenvalue weighted by Crippen LogP contribution is 2.34. The Hall–Kier alpha value is -0.260. The SMILES string of the molecule is Fc1ccc(CC(Br)c2ccc(Br)cc2Br)cc1F. The van der Waals surface area contributed by atoms with Crippen LogP contribution in [-0.4, -0.2) is 0 Å². The van der Waals surface area contributed by atoms with E-state index in [1.165, 1.54) is 6.07 Å². The summed E-state index contributed by atoms with van der Waals surface area (Å²) >= 11 is 10.5. The molecule has 0 amide bonds. The van der Waals surface area contributed by atoms with Crippen molar-refractivity contribution in [2.24, 2.45) is 0 Å². The summed E-state index contributed by atoms with van der Waals surface area (Å²) in [5.41, 5.74) is 1.81. The molecule has 1 unspecified atom stereocenters. The Morgan fingerprint density at radius 3 is 2.32 bits per heavy atom. The van der Waals surface area contributed by atoms with Gasteiger partial charge in [0.25, 0.3) is 0 Å². The average molecular weight is 455 g/mol. The van der Waals surface area contributed by atoms with Gasteiger partial charge in [0, 0.05) is 13.8 Å². The van der Waals surface area contributed by atoms with Gasteiger partial charge in [0.1, 0.15) is 0 Å². The van der Waals surface area contributed by atoms with Gasteiger partial charge in [0.2, 0.25) is 0 Å². The molecule has 2 aromatic rings. The van der Waals surface area contributed by atoms with E-state index in [9.17, 15) is 8.78 Å². The largest absolute Gasteiger partial charge is 0.204 e. The molecule has 0 heterocycles. The van der Waals surface area contributed by atoms with Crippen LogP contribution in [0.3, 0.4) is 0 Å². The topological polar surface area (TPSA) is 0 Å². The van der Waals surface area contributed by atoms with Gasteiger partial charge in [-0.1, -0.05) is 59.9 Å². The Bertz CT molecular complexity index is 599. The molecule has 0 fully saturated rings. The normalized spacial score (nSPS) is 12.5. The molecule has 0 bridgehead atoms. The smallest absolute Gasteiger partial charge is 0.159 e. The summed E-state index contributed by atoms with van der Waals surface area (Å²) in [5.74, 6) is -1.63. The first-order valence-electron chi connectivity index (χ1n) is 5.50. The van der Waals surface area contributed by atoms with E-state index in [1.54, 1.807) is 6.07 Å². The van der Waals surface area contributed by atoms with E-state index in [2.05, 4.69) is 47.8 Å². The van der Waals surface area contributed by atoms with E-state index >= 15 is 0 Å². The van der Waals surface area contributed by atoms with Crippen LogP contribution in [0.1, 0.15) is 16.0 Å². The summed E-state index contributed by atoms with van der Waals surface area (Å²) in [7, 11) is 0. The summed E-state index contributed by atoms with van der Waals surface area (Å²) in [6.45, 7) is 0. The van der Waals surface area contributed by atoms with E-state index in [0.717, 1.165) is 26.1 Å². The second-order valence-corrected chi connectivity index (χ2v) is 6.96. The molecule has 0 aliphatic carbocycles. The van der Waals surface area contributed by atoms with Gasteiger partial charge in [-0.25, -0.2) is 8.78 Å². The highest BCUT2D eigenvalue weighted by molar-refractivity contribution is 9.11. The van der Waals surface area contributed by atoms with Crippen LogP contribution >= 0.6 is 47.8 Å². The van der Waals surface area contributed by atoms with Crippen LogP contribution < -0.4 is 0 Å².